The summed E-state index contributed by atoms with van der Waals surface area (Å²) < 4.78 is 0. The molecule has 1 saturated carbocycles. The lowest BCUT2D eigenvalue weighted by atomic mass is 9.86. The summed E-state index contributed by atoms with van der Waals surface area (Å²) in [7, 11) is 0. The van der Waals surface area contributed by atoms with Crippen molar-refractivity contribution in [3.05, 3.63) is 35.4 Å². The maximum atomic E-state index is 6.03. The second-order valence-electron chi connectivity index (χ2n) is 5.83. The molecule has 2 nitrogen and oxygen atoms in total. The van der Waals surface area contributed by atoms with Crippen LogP contribution >= 0.6 is 0 Å². The van der Waals surface area contributed by atoms with E-state index in [1.165, 1.54) is 43.4 Å². The molecule has 0 amide bonds. The Morgan fingerprint density at radius 3 is 2.18 bits per heavy atom. The van der Waals surface area contributed by atoms with Crippen LogP contribution < -0.4 is 5.73 Å². The number of nitrogens with zero attached hydrogens (tertiary/aromatic N) is 1. The summed E-state index contributed by atoms with van der Waals surface area (Å²) in [5, 5.41) is 0. The van der Waals surface area contributed by atoms with E-state index in [2.05, 4.69) is 29.2 Å². The van der Waals surface area contributed by atoms with Gasteiger partial charge in [-0.1, -0.05) is 37.1 Å². The van der Waals surface area contributed by atoms with Crippen LogP contribution in [-0.2, 0) is 13.1 Å². The Kier molecular flexibility index (Phi) is 2.93. The number of hydrogen-bond acceptors (Lipinski definition) is 2. The fourth-order valence-corrected chi connectivity index (χ4v) is 3.54. The van der Waals surface area contributed by atoms with Gasteiger partial charge in [-0.05, 0) is 35.9 Å². The quantitative estimate of drug-likeness (QED) is 0.864. The lowest BCUT2D eigenvalue weighted by molar-refractivity contribution is 0.158. The number of fused-ring (bicyclic) bond motifs is 1. The number of hydrogen-bond donors (Lipinski definition) is 1. The van der Waals surface area contributed by atoms with Gasteiger partial charge in [0.15, 0.2) is 0 Å². The summed E-state index contributed by atoms with van der Waals surface area (Å²) in [5.41, 5.74) is 9.47. The predicted octanol–water partition coefficient (Wildman–Crippen LogP) is 2.52. The van der Waals surface area contributed by atoms with Gasteiger partial charge in [-0.15, -0.1) is 0 Å². The zero-order valence-electron chi connectivity index (χ0n) is 10.5. The number of benzene rings is 1. The monoisotopic (exact) mass is 230 g/mol. The van der Waals surface area contributed by atoms with Crippen molar-refractivity contribution in [2.24, 2.45) is 11.1 Å². The van der Waals surface area contributed by atoms with Crippen LogP contribution in [0.3, 0.4) is 0 Å². The highest BCUT2D eigenvalue weighted by Gasteiger charge is 2.35. The molecule has 1 aromatic carbocycles. The van der Waals surface area contributed by atoms with E-state index in [0.717, 1.165) is 19.6 Å². The molecule has 3 rings (SSSR count). The van der Waals surface area contributed by atoms with Crippen molar-refractivity contribution in [1.82, 2.24) is 4.90 Å². The molecule has 17 heavy (non-hydrogen) atoms. The predicted molar refractivity (Wildman–Crippen MR) is 70.5 cm³/mol. The van der Waals surface area contributed by atoms with Crippen LogP contribution in [0.2, 0.25) is 0 Å². The molecule has 1 aromatic rings. The highest BCUT2D eigenvalue weighted by molar-refractivity contribution is 5.30. The van der Waals surface area contributed by atoms with Gasteiger partial charge in [0.2, 0.25) is 0 Å². The van der Waals surface area contributed by atoms with Crippen molar-refractivity contribution in [2.75, 3.05) is 13.1 Å². The van der Waals surface area contributed by atoms with Gasteiger partial charge < -0.3 is 5.73 Å². The molecule has 2 N–H and O–H groups in total. The van der Waals surface area contributed by atoms with Gasteiger partial charge in [-0.3, -0.25) is 4.90 Å². The zero-order chi connectivity index (χ0) is 11.7. The average Bonchev–Trinajstić information content (AvgIpc) is 2.95. The van der Waals surface area contributed by atoms with E-state index in [0.29, 0.717) is 5.41 Å². The molecule has 0 bridgehead atoms. The third kappa shape index (κ3) is 2.12. The van der Waals surface area contributed by atoms with Crippen LogP contribution in [0, 0.1) is 5.41 Å². The van der Waals surface area contributed by atoms with Crippen molar-refractivity contribution in [2.45, 2.75) is 38.8 Å². The van der Waals surface area contributed by atoms with Crippen LogP contribution in [0.4, 0.5) is 0 Å². The first-order valence-electron chi connectivity index (χ1n) is 6.81. The van der Waals surface area contributed by atoms with Crippen LogP contribution in [0.15, 0.2) is 24.3 Å². The Morgan fingerprint density at radius 2 is 1.65 bits per heavy atom. The highest BCUT2D eigenvalue weighted by atomic mass is 15.1. The summed E-state index contributed by atoms with van der Waals surface area (Å²) in [4.78, 5) is 2.59. The van der Waals surface area contributed by atoms with Gasteiger partial charge >= 0.3 is 0 Å². The first kappa shape index (κ1) is 11.2. The summed E-state index contributed by atoms with van der Waals surface area (Å²) >= 11 is 0. The third-order valence-electron chi connectivity index (χ3n) is 4.56. The van der Waals surface area contributed by atoms with Crippen LogP contribution in [-0.4, -0.2) is 18.0 Å². The first-order chi connectivity index (χ1) is 8.31. The fourth-order valence-electron chi connectivity index (χ4n) is 3.54. The number of rotatable bonds is 3. The van der Waals surface area contributed by atoms with Gasteiger partial charge in [0.05, 0.1) is 0 Å². The van der Waals surface area contributed by atoms with Crippen molar-refractivity contribution in [1.29, 1.82) is 0 Å². The minimum absolute atomic E-state index is 0.419. The molecule has 0 spiro atoms. The van der Waals surface area contributed by atoms with E-state index in [4.69, 9.17) is 5.73 Å². The van der Waals surface area contributed by atoms with Crippen LogP contribution in [0.5, 0.6) is 0 Å². The molecule has 0 atom stereocenters. The average molecular weight is 230 g/mol. The Morgan fingerprint density at radius 1 is 1.06 bits per heavy atom. The summed E-state index contributed by atoms with van der Waals surface area (Å²) in [6.45, 7) is 4.30. The lowest BCUT2D eigenvalue weighted by Crippen LogP contribution is -2.38. The van der Waals surface area contributed by atoms with Crippen molar-refractivity contribution in [3.63, 3.8) is 0 Å². The maximum absolute atomic E-state index is 6.03. The smallest absolute Gasteiger partial charge is 0.0240 e. The zero-order valence-corrected chi connectivity index (χ0v) is 10.5. The van der Waals surface area contributed by atoms with E-state index in [-0.39, 0.29) is 0 Å². The summed E-state index contributed by atoms with van der Waals surface area (Å²) in [6, 6.07) is 8.82. The van der Waals surface area contributed by atoms with E-state index >= 15 is 0 Å². The molecule has 0 unspecified atom stereocenters. The standard InChI is InChI=1S/C15H22N2/c16-11-15(7-3-4-8-15)12-17-9-13-5-1-2-6-14(13)10-17/h1-2,5-6H,3-4,7-12,16H2. The molecular weight excluding hydrogens is 208 g/mol. The van der Waals surface area contributed by atoms with Gasteiger partial charge in [0.1, 0.15) is 0 Å². The first-order valence-corrected chi connectivity index (χ1v) is 6.81. The SMILES string of the molecule is NCC1(CN2Cc3ccccc3C2)CCCC1. The second kappa shape index (κ2) is 4.43. The molecular formula is C15H22N2. The van der Waals surface area contributed by atoms with Gasteiger partial charge in [-0.25, -0.2) is 0 Å². The summed E-state index contributed by atoms with van der Waals surface area (Å²) in [6.07, 6.45) is 5.41. The highest BCUT2D eigenvalue weighted by Crippen LogP contribution is 2.39. The molecule has 1 heterocycles. The van der Waals surface area contributed by atoms with E-state index < -0.39 is 0 Å². The van der Waals surface area contributed by atoms with Crippen molar-refractivity contribution >= 4 is 0 Å². The Hall–Kier alpha value is -0.860. The van der Waals surface area contributed by atoms with E-state index in [1.54, 1.807) is 0 Å². The topological polar surface area (TPSA) is 29.3 Å². The van der Waals surface area contributed by atoms with Gasteiger partial charge in [0, 0.05) is 19.6 Å². The largest absolute Gasteiger partial charge is 0.330 e. The Balaban J connectivity index is 1.69. The molecule has 2 heteroatoms. The van der Waals surface area contributed by atoms with E-state index in [1.807, 2.05) is 0 Å². The minimum Gasteiger partial charge on any atom is -0.330 e. The molecule has 0 saturated heterocycles. The van der Waals surface area contributed by atoms with Gasteiger partial charge in [0.25, 0.3) is 0 Å². The normalized spacial score (nSPS) is 22.9. The maximum Gasteiger partial charge on any atom is 0.0240 e. The number of nitrogens with two attached hydrogens (primary N) is 1. The molecule has 1 aliphatic heterocycles. The fraction of sp³-hybridized carbons (Fsp3) is 0.600. The molecule has 1 fully saturated rings. The molecule has 0 aromatic heterocycles. The van der Waals surface area contributed by atoms with Gasteiger partial charge in [-0.2, -0.15) is 0 Å². The van der Waals surface area contributed by atoms with Crippen molar-refractivity contribution in [3.8, 4) is 0 Å². The Labute approximate surface area is 104 Å². The van der Waals surface area contributed by atoms with Crippen molar-refractivity contribution < 1.29 is 0 Å². The minimum atomic E-state index is 0.419. The molecule has 1 aliphatic carbocycles. The third-order valence-corrected chi connectivity index (χ3v) is 4.56. The molecule has 92 valence electrons. The Bertz CT molecular complexity index is 369. The summed E-state index contributed by atoms with van der Waals surface area (Å²) in [5.74, 6) is 0. The van der Waals surface area contributed by atoms with Crippen LogP contribution in [0.25, 0.3) is 0 Å². The second-order valence-corrected chi connectivity index (χ2v) is 5.83. The molecule has 2 aliphatic rings. The molecule has 0 radical (unpaired) electrons. The van der Waals surface area contributed by atoms with E-state index in [9.17, 15) is 0 Å². The lowest BCUT2D eigenvalue weighted by Gasteiger charge is -2.32. The van der Waals surface area contributed by atoms with Crippen LogP contribution in [0.1, 0.15) is 36.8 Å².